The SMILES string of the molecule is COC1=C(C)C(=O)O[C@]12/C(=C/c1ccc(C)cc1)C[C@@H]1CCCCN3C(=O)CC[C@@]132. The number of hydrogen-bond acceptors (Lipinski definition) is 4. The summed E-state index contributed by atoms with van der Waals surface area (Å²) in [7, 11) is 1.62. The summed E-state index contributed by atoms with van der Waals surface area (Å²) in [6.07, 6.45) is 7.29. The van der Waals surface area contributed by atoms with E-state index in [2.05, 4.69) is 37.3 Å². The number of amides is 1. The van der Waals surface area contributed by atoms with Crippen molar-refractivity contribution in [3.63, 3.8) is 0 Å². The average molecular weight is 408 g/mol. The molecule has 0 bridgehead atoms. The van der Waals surface area contributed by atoms with E-state index >= 15 is 0 Å². The number of esters is 1. The molecule has 0 radical (unpaired) electrons. The normalized spacial score (nSPS) is 34.4. The van der Waals surface area contributed by atoms with Gasteiger partial charge in [0, 0.05) is 13.0 Å². The van der Waals surface area contributed by atoms with Crippen molar-refractivity contribution in [2.75, 3.05) is 13.7 Å². The molecule has 0 aromatic heterocycles. The van der Waals surface area contributed by atoms with Gasteiger partial charge in [-0.15, -0.1) is 0 Å². The number of benzene rings is 1. The second-order valence-corrected chi connectivity index (χ2v) is 9.18. The summed E-state index contributed by atoms with van der Waals surface area (Å²) in [6.45, 7) is 4.57. The van der Waals surface area contributed by atoms with Crippen LogP contribution in [0.3, 0.4) is 0 Å². The van der Waals surface area contributed by atoms with Gasteiger partial charge in [0.05, 0.1) is 18.2 Å². The maximum Gasteiger partial charge on any atom is 0.338 e. The molecule has 1 saturated carbocycles. The monoisotopic (exact) mass is 407 g/mol. The predicted molar refractivity (Wildman–Crippen MR) is 113 cm³/mol. The Kier molecular flexibility index (Phi) is 4.35. The summed E-state index contributed by atoms with van der Waals surface area (Å²) < 4.78 is 12.2. The standard InChI is InChI=1S/C25H29NO4/c1-16-7-9-18(10-8-16)14-20-15-19-6-4-5-13-26-21(27)11-12-24(19,26)25(20)22(29-3)17(2)23(28)30-25/h7-10,14,19H,4-6,11-13,15H2,1-3H3/b20-14+/t19-,24-,25+/m0/s1. The van der Waals surface area contributed by atoms with Crippen molar-refractivity contribution in [3.05, 3.63) is 52.3 Å². The summed E-state index contributed by atoms with van der Waals surface area (Å²) in [5, 5.41) is 0. The Balaban J connectivity index is 1.76. The Hall–Kier alpha value is -2.56. The summed E-state index contributed by atoms with van der Waals surface area (Å²) in [5.74, 6) is 0.691. The molecule has 4 aliphatic rings. The predicted octanol–water partition coefficient (Wildman–Crippen LogP) is 4.16. The van der Waals surface area contributed by atoms with E-state index in [0.29, 0.717) is 24.2 Å². The van der Waals surface area contributed by atoms with Gasteiger partial charge in [-0.1, -0.05) is 42.3 Å². The highest BCUT2D eigenvalue weighted by Crippen LogP contribution is 2.64. The highest BCUT2D eigenvalue weighted by Gasteiger charge is 2.74. The molecule has 3 heterocycles. The van der Waals surface area contributed by atoms with Crippen LogP contribution >= 0.6 is 0 Å². The van der Waals surface area contributed by atoms with Crippen LogP contribution in [-0.4, -0.2) is 41.6 Å². The van der Waals surface area contributed by atoms with Gasteiger partial charge < -0.3 is 14.4 Å². The van der Waals surface area contributed by atoms with Crippen LogP contribution < -0.4 is 0 Å². The van der Waals surface area contributed by atoms with Crippen LogP contribution in [0.2, 0.25) is 0 Å². The van der Waals surface area contributed by atoms with Crippen molar-refractivity contribution in [2.24, 2.45) is 5.92 Å². The quantitative estimate of drug-likeness (QED) is 0.691. The fourth-order valence-corrected chi connectivity index (χ4v) is 6.49. The van der Waals surface area contributed by atoms with E-state index < -0.39 is 11.1 Å². The van der Waals surface area contributed by atoms with E-state index in [1.54, 1.807) is 14.0 Å². The van der Waals surface area contributed by atoms with Crippen molar-refractivity contribution in [1.82, 2.24) is 4.90 Å². The molecule has 1 aromatic rings. The molecule has 0 unspecified atom stereocenters. The van der Waals surface area contributed by atoms with Crippen molar-refractivity contribution in [1.29, 1.82) is 0 Å². The minimum Gasteiger partial charge on any atom is -0.496 e. The van der Waals surface area contributed by atoms with Crippen molar-refractivity contribution >= 4 is 18.0 Å². The molecule has 3 aliphatic heterocycles. The molecule has 5 rings (SSSR count). The second kappa shape index (κ2) is 6.73. The third kappa shape index (κ3) is 2.35. The lowest BCUT2D eigenvalue weighted by Crippen LogP contribution is -2.63. The highest BCUT2D eigenvalue weighted by atomic mass is 16.6. The van der Waals surface area contributed by atoms with Gasteiger partial charge in [-0.05, 0) is 56.6 Å². The van der Waals surface area contributed by atoms with E-state index in [1.165, 1.54) is 5.56 Å². The number of hydrogen-bond donors (Lipinski definition) is 0. The van der Waals surface area contributed by atoms with Gasteiger partial charge in [-0.3, -0.25) is 4.79 Å². The minimum atomic E-state index is -1.02. The smallest absolute Gasteiger partial charge is 0.338 e. The number of carbonyl (C=O) groups excluding carboxylic acids is 2. The zero-order chi connectivity index (χ0) is 21.1. The van der Waals surface area contributed by atoms with E-state index in [0.717, 1.165) is 43.4 Å². The van der Waals surface area contributed by atoms with Crippen LogP contribution in [-0.2, 0) is 19.1 Å². The molecule has 30 heavy (non-hydrogen) atoms. The van der Waals surface area contributed by atoms with Crippen LogP contribution in [0.25, 0.3) is 6.08 Å². The number of rotatable bonds is 2. The first-order chi connectivity index (χ1) is 14.4. The number of ether oxygens (including phenoxy) is 2. The zero-order valence-electron chi connectivity index (χ0n) is 18.0. The maximum atomic E-state index is 13.0. The lowest BCUT2D eigenvalue weighted by atomic mass is 9.72. The average Bonchev–Trinajstić information content (AvgIpc) is 3.22. The molecule has 1 aromatic carbocycles. The largest absolute Gasteiger partial charge is 0.496 e. The Labute approximate surface area is 177 Å². The molecule has 2 saturated heterocycles. The lowest BCUT2D eigenvalue weighted by Gasteiger charge is -2.48. The minimum absolute atomic E-state index is 0.175. The van der Waals surface area contributed by atoms with Crippen molar-refractivity contribution < 1.29 is 19.1 Å². The third-order valence-corrected chi connectivity index (χ3v) is 7.73. The molecule has 5 nitrogen and oxygen atoms in total. The molecule has 0 N–H and O–H groups in total. The van der Waals surface area contributed by atoms with Gasteiger partial charge in [-0.2, -0.15) is 0 Å². The Morgan fingerprint density at radius 1 is 1.17 bits per heavy atom. The summed E-state index contributed by atoms with van der Waals surface area (Å²) in [6, 6.07) is 8.38. The van der Waals surface area contributed by atoms with E-state index in [9.17, 15) is 9.59 Å². The van der Waals surface area contributed by atoms with Crippen LogP contribution in [0.15, 0.2) is 41.2 Å². The number of nitrogens with zero attached hydrogens (tertiary/aromatic N) is 1. The zero-order valence-corrected chi connectivity index (χ0v) is 18.0. The summed E-state index contributed by atoms with van der Waals surface area (Å²) in [5.41, 5.74) is 2.29. The van der Waals surface area contributed by atoms with Crippen molar-refractivity contribution in [2.45, 2.75) is 63.5 Å². The number of methoxy groups -OCH3 is 1. The molecule has 5 heteroatoms. The first kappa shape index (κ1) is 19.4. The molecule has 1 aliphatic carbocycles. The Bertz CT molecular complexity index is 975. The van der Waals surface area contributed by atoms with Crippen LogP contribution in [0.4, 0.5) is 0 Å². The Morgan fingerprint density at radius 2 is 1.93 bits per heavy atom. The molecule has 1 amide bonds. The molecule has 3 fully saturated rings. The Morgan fingerprint density at radius 3 is 2.67 bits per heavy atom. The third-order valence-electron chi connectivity index (χ3n) is 7.73. The van der Waals surface area contributed by atoms with Gasteiger partial charge in [0.1, 0.15) is 0 Å². The van der Waals surface area contributed by atoms with Crippen molar-refractivity contribution in [3.8, 4) is 0 Å². The summed E-state index contributed by atoms with van der Waals surface area (Å²) in [4.78, 5) is 27.9. The maximum absolute atomic E-state index is 13.0. The fourth-order valence-electron chi connectivity index (χ4n) is 6.49. The molecule has 2 spiro atoms. The van der Waals surface area contributed by atoms with Gasteiger partial charge in [0.2, 0.25) is 11.5 Å². The molecule has 158 valence electrons. The first-order valence-corrected chi connectivity index (χ1v) is 11.0. The van der Waals surface area contributed by atoms with Crippen LogP contribution in [0, 0.1) is 12.8 Å². The lowest BCUT2D eigenvalue weighted by molar-refractivity contribution is -0.161. The highest BCUT2D eigenvalue weighted by molar-refractivity contribution is 5.94. The molecular formula is C25H29NO4. The molecule has 3 atom stereocenters. The van der Waals surface area contributed by atoms with E-state index in [1.807, 2.05) is 4.90 Å². The molecular weight excluding hydrogens is 378 g/mol. The summed E-state index contributed by atoms with van der Waals surface area (Å²) >= 11 is 0. The van der Waals surface area contributed by atoms with E-state index in [-0.39, 0.29) is 17.8 Å². The van der Waals surface area contributed by atoms with Gasteiger partial charge in [0.25, 0.3) is 0 Å². The van der Waals surface area contributed by atoms with Crippen LogP contribution in [0.1, 0.15) is 56.6 Å². The second-order valence-electron chi connectivity index (χ2n) is 9.18. The van der Waals surface area contributed by atoms with Crippen LogP contribution in [0.5, 0.6) is 0 Å². The van der Waals surface area contributed by atoms with E-state index in [4.69, 9.17) is 9.47 Å². The van der Waals surface area contributed by atoms with Gasteiger partial charge >= 0.3 is 5.97 Å². The number of aryl methyl sites for hydroxylation is 1. The first-order valence-electron chi connectivity index (χ1n) is 11.0. The van der Waals surface area contributed by atoms with Gasteiger partial charge in [-0.25, -0.2) is 4.79 Å². The topological polar surface area (TPSA) is 55.8 Å². The fraction of sp³-hybridized carbons (Fsp3) is 0.520. The number of carbonyl (C=O) groups is 2. The van der Waals surface area contributed by atoms with Gasteiger partial charge in [0.15, 0.2) is 5.76 Å².